The van der Waals surface area contributed by atoms with Gasteiger partial charge in [0.2, 0.25) is 0 Å². The minimum absolute atomic E-state index is 0.0173. The van der Waals surface area contributed by atoms with Crippen molar-refractivity contribution >= 4 is 11.8 Å². The topological polar surface area (TPSA) is 43.4 Å². The van der Waals surface area contributed by atoms with Crippen molar-refractivity contribution in [2.75, 3.05) is 0 Å². The van der Waals surface area contributed by atoms with Crippen LogP contribution < -0.4 is 0 Å². The molecule has 0 N–H and O–H groups in total. The molecule has 1 aromatic carbocycles. The average molecular weight is 232 g/mol. The van der Waals surface area contributed by atoms with Crippen molar-refractivity contribution in [1.82, 2.24) is 0 Å². The molecule has 0 bridgehead atoms. The maximum atomic E-state index is 11.8. The van der Waals surface area contributed by atoms with E-state index in [-0.39, 0.29) is 11.8 Å². The van der Waals surface area contributed by atoms with Gasteiger partial charge in [-0.2, -0.15) is 0 Å². The van der Waals surface area contributed by atoms with E-state index in [4.69, 9.17) is 4.74 Å². The van der Waals surface area contributed by atoms with Crippen LogP contribution in [0.4, 0.5) is 0 Å². The minimum Gasteiger partial charge on any atom is -0.453 e. The Labute approximate surface area is 101 Å². The van der Waals surface area contributed by atoms with E-state index < -0.39 is 11.5 Å². The van der Waals surface area contributed by atoms with Gasteiger partial charge >= 0.3 is 5.97 Å². The molecule has 0 fully saturated rings. The van der Waals surface area contributed by atoms with Gasteiger partial charge in [0, 0.05) is 5.56 Å². The predicted octanol–water partition coefficient (Wildman–Crippen LogP) is 2.82. The lowest BCUT2D eigenvalue weighted by Gasteiger charge is -2.27. The number of carbonyl (C=O) groups excluding carboxylic acids is 2. The van der Waals surface area contributed by atoms with Gasteiger partial charge < -0.3 is 4.74 Å². The molecule has 17 heavy (non-hydrogen) atoms. The molecular weight excluding hydrogens is 216 g/mol. The monoisotopic (exact) mass is 232 g/mol. The number of rotatable bonds is 2. The molecule has 1 unspecified atom stereocenters. The van der Waals surface area contributed by atoms with Crippen LogP contribution in [-0.4, -0.2) is 11.8 Å². The zero-order valence-corrected chi connectivity index (χ0v) is 10.5. The lowest BCUT2D eigenvalue weighted by molar-refractivity contribution is -0.130. The summed E-state index contributed by atoms with van der Waals surface area (Å²) >= 11 is 0. The molecule has 0 spiro atoms. The summed E-state index contributed by atoms with van der Waals surface area (Å²) < 4.78 is 5.35. The zero-order chi connectivity index (χ0) is 12.8. The van der Waals surface area contributed by atoms with E-state index >= 15 is 0 Å². The van der Waals surface area contributed by atoms with Gasteiger partial charge in [-0.15, -0.1) is 0 Å². The highest BCUT2D eigenvalue weighted by Crippen LogP contribution is 2.43. The van der Waals surface area contributed by atoms with Crippen molar-refractivity contribution in [1.29, 1.82) is 0 Å². The van der Waals surface area contributed by atoms with Gasteiger partial charge in [0.05, 0.1) is 11.0 Å². The summed E-state index contributed by atoms with van der Waals surface area (Å²) in [4.78, 5) is 23.4. The second-order valence-corrected chi connectivity index (χ2v) is 5.15. The lowest BCUT2D eigenvalue weighted by atomic mass is 9.79. The number of benzene rings is 1. The van der Waals surface area contributed by atoms with Gasteiger partial charge in [-0.05, 0) is 33.8 Å². The molecule has 0 amide bonds. The molecule has 3 nitrogen and oxygen atoms in total. The van der Waals surface area contributed by atoms with Crippen molar-refractivity contribution in [3.05, 3.63) is 34.9 Å². The highest BCUT2D eigenvalue weighted by molar-refractivity contribution is 5.95. The number of ether oxygens (including phenoxy) is 1. The maximum Gasteiger partial charge on any atom is 0.339 e. The Morgan fingerprint density at radius 3 is 2.59 bits per heavy atom. The highest BCUT2D eigenvalue weighted by atomic mass is 16.5. The Bertz CT molecular complexity index is 500. The van der Waals surface area contributed by atoms with E-state index in [1.165, 1.54) is 6.92 Å². The van der Waals surface area contributed by atoms with Crippen LogP contribution in [0.25, 0.3) is 0 Å². The van der Waals surface area contributed by atoms with Crippen LogP contribution in [0.1, 0.15) is 48.4 Å². The van der Waals surface area contributed by atoms with Crippen LogP contribution in [0.2, 0.25) is 0 Å². The third kappa shape index (κ3) is 1.75. The second-order valence-electron chi connectivity index (χ2n) is 5.15. The van der Waals surface area contributed by atoms with Gasteiger partial charge in [0.1, 0.15) is 11.9 Å². The van der Waals surface area contributed by atoms with Crippen molar-refractivity contribution in [3.63, 3.8) is 0 Å². The van der Waals surface area contributed by atoms with E-state index in [2.05, 4.69) is 0 Å². The van der Waals surface area contributed by atoms with Crippen molar-refractivity contribution in [2.45, 2.75) is 33.8 Å². The number of cyclic esters (lactones) is 1. The fraction of sp³-hybridized carbons (Fsp3) is 0.429. The molecule has 1 aliphatic heterocycles. The molecule has 0 aliphatic carbocycles. The third-order valence-corrected chi connectivity index (χ3v) is 3.50. The standard InChI is InChI=1S/C14H16O3/c1-8-5-6-10-11(7-8)13(16)17-12(10)14(3,4)9(2)15/h5-7,12H,1-4H3. The van der Waals surface area contributed by atoms with Crippen LogP contribution in [0, 0.1) is 12.3 Å². The second kappa shape index (κ2) is 3.69. The predicted molar refractivity (Wildman–Crippen MR) is 63.8 cm³/mol. The Morgan fingerprint density at radius 1 is 1.35 bits per heavy atom. The molecular formula is C14H16O3. The number of carbonyl (C=O) groups is 2. The van der Waals surface area contributed by atoms with Gasteiger partial charge in [0.15, 0.2) is 0 Å². The first-order chi connectivity index (χ1) is 7.84. The van der Waals surface area contributed by atoms with Gasteiger partial charge in [-0.3, -0.25) is 4.79 Å². The molecule has 1 aliphatic rings. The number of fused-ring (bicyclic) bond motifs is 1. The maximum absolute atomic E-state index is 11.8. The molecule has 2 rings (SSSR count). The normalized spacial score (nSPS) is 18.8. The number of esters is 1. The van der Waals surface area contributed by atoms with E-state index in [0.29, 0.717) is 5.56 Å². The summed E-state index contributed by atoms with van der Waals surface area (Å²) in [5.74, 6) is -0.313. The largest absolute Gasteiger partial charge is 0.453 e. The lowest BCUT2D eigenvalue weighted by Crippen LogP contribution is -2.29. The van der Waals surface area contributed by atoms with Crippen LogP contribution in [0.5, 0.6) is 0 Å². The van der Waals surface area contributed by atoms with E-state index in [0.717, 1.165) is 11.1 Å². The van der Waals surface area contributed by atoms with E-state index in [9.17, 15) is 9.59 Å². The summed E-state index contributed by atoms with van der Waals surface area (Å²) in [6, 6.07) is 5.63. The Morgan fingerprint density at radius 2 is 2.00 bits per heavy atom. The van der Waals surface area contributed by atoms with Crippen LogP contribution in [0.3, 0.4) is 0 Å². The zero-order valence-electron chi connectivity index (χ0n) is 10.5. The molecule has 1 heterocycles. The molecule has 3 heteroatoms. The average Bonchev–Trinajstić information content (AvgIpc) is 2.56. The SMILES string of the molecule is CC(=O)C(C)(C)C1OC(=O)c2cc(C)ccc21. The van der Waals surface area contributed by atoms with Crippen molar-refractivity contribution < 1.29 is 14.3 Å². The van der Waals surface area contributed by atoms with Gasteiger partial charge in [0.25, 0.3) is 0 Å². The first-order valence-corrected chi connectivity index (χ1v) is 5.66. The number of hydrogen-bond donors (Lipinski definition) is 0. The number of aryl methyl sites for hydroxylation is 1. The number of Topliss-reactive ketones (excluding diaryl/α,β-unsaturated/α-hetero) is 1. The first-order valence-electron chi connectivity index (χ1n) is 5.66. The Hall–Kier alpha value is -1.64. The van der Waals surface area contributed by atoms with Crippen molar-refractivity contribution in [2.24, 2.45) is 5.41 Å². The van der Waals surface area contributed by atoms with Crippen molar-refractivity contribution in [3.8, 4) is 0 Å². The summed E-state index contributed by atoms with van der Waals surface area (Å²) in [6.45, 7) is 7.07. The molecule has 1 atom stereocenters. The summed E-state index contributed by atoms with van der Waals surface area (Å²) in [5.41, 5.74) is 1.74. The summed E-state index contributed by atoms with van der Waals surface area (Å²) in [7, 11) is 0. The summed E-state index contributed by atoms with van der Waals surface area (Å²) in [6.07, 6.45) is -0.469. The molecule has 90 valence electrons. The molecule has 0 saturated heterocycles. The fourth-order valence-corrected chi connectivity index (χ4v) is 2.03. The number of ketones is 1. The Balaban J connectivity index is 2.51. The van der Waals surface area contributed by atoms with E-state index in [1.54, 1.807) is 0 Å². The van der Waals surface area contributed by atoms with Gasteiger partial charge in [-0.25, -0.2) is 4.79 Å². The molecule has 0 radical (unpaired) electrons. The number of hydrogen-bond acceptors (Lipinski definition) is 3. The van der Waals surface area contributed by atoms with E-state index in [1.807, 2.05) is 39.0 Å². The smallest absolute Gasteiger partial charge is 0.339 e. The Kier molecular flexibility index (Phi) is 2.57. The minimum atomic E-state index is -0.684. The first kappa shape index (κ1) is 11.8. The third-order valence-electron chi connectivity index (χ3n) is 3.50. The fourth-order valence-electron chi connectivity index (χ4n) is 2.03. The summed E-state index contributed by atoms with van der Waals surface area (Å²) in [5, 5.41) is 0. The van der Waals surface area contributed by atoms with Gasteiger partial charge in [-0.1, -0.05) is 17.7 Å². The van der Waals surface area contributed by atoms with Crippen LogP contribution >= 0.6 is 0 Å². The van der Waals surface area contributed by atoms with Crippen LogP contribution in [0.15, 0.2) is 18.2 Å². The quantitative estimate of drug-likeness (QED) is 0.736. The molecule has 0 saturated carbocycles. The van der Waals surface area contributed by atoms with Crippen LogP contribution in [-0.2, 0) is 9.53 Å². The molecule has 0 aromatic heterocycles. The molecule has 1 aromatic rings. The highest BCUT2D eigenvalue weighted by Gasteiger charge is 2.44.